The van der Waals surface area contributed by atoms with Crippen LogP contribution in [-0.4, -0.2) is 52.0 Å². The Morgan fingerprint density at radius 2 is 1.79 bits per heavy atom. The zero-order valence-corrected chi connectivity index (χ0v) is 15.9. The van der Waals surface area contributed by atoms with E-state index in [-0.39, 0.29) is 5.56 Å². The number of hydrogen-bond donors (Lipinski definition) is 0. The number of nitrogens with zero attached hydrogens (tertiary/aromatic N) is 4. The van der Waals surface area contributed by atoms with Crippen LogP contribution in [0.3, 0.4) is 0 Å². The monoisotopic (exact) mass is 376 g/mol. The van der Waals surface area contributed by atoms with E-state index in [1.165, 1.54) is 11.1 Å². The summed E-state index contributed by atoms with van der Waals surface area (Å²) >= 11 is 0. The zero-order valence-electron chi connectivity index (χ0n) is 15.9. The Morgan fingerprint density at radius 3 is 2.64 bits per heavy atom. The first-order valence-electron chi connectivity index (χ1n) is 9.91. The summed E-state index contributed by atoms with van der Waals surface area (Å²) in [6, 6.07) is 13.9. The van der Waals surface area contributed by atoms with Crippen molar-refractivity contribution in [1.29, 1.82) is 0 Å². The van der Waals surface area contributed by atoms with Crippen molar-refractivity contribution in [2.24, 2.45) is 0 Å². The van der Waals surface area contributed by atoms with Crippen LogP contribution in [0.15, 0.2) is 53.5 Å². The maximum Gasteiger partial charge on any atom is 0.258 e. The van der Waals surface area contributed by atoms with Gasteiger partial charge in [0.25, 0.3) is 5.56 Å². The fourth-order valence-electron chi connectivity index (χ4n) is 4.12. The van der Waals surface area contributed by atoms with Gasteiger partial charge < -0.3 is 4.74 Å². The van der Waals surface area contributed by atoms with Crippen molar-refractivity contribution in [3.63, 3.8) is 0 Å². The molecule has 0 saturated carbocycles. The second-order valence-electron chi connectivity index (χ2n) is 7.61. The van der Waals surface area contributed by atoms with Gasteiger partial charge >= 0.3 is 0 Å². The van der Waals surface area contributed by atoms with Crippen LogP contribution < -0.4 is 10.3 Å². The predicted octanol–water partition coefficient (Wildman–Crippen LogP) is 1.95. The van der Waals surface area contributed by atoms with Crippen LogP contribution in [0.1, 0.15) is 16.8 Å². The molecule has 2 aliphatic heterocycles. The van der Waals surface area contributed by atoms with Crippen molar-refractivity contribution >= 4 is 5.65 Å². The summed E-state index contributed by atoms with van der Waals surface area (Å²) in [6.07, 6.45) is 2.79. The minimum absolute atomic E-state index is 0.0141. The summed E-state index contributed by atoms with van der Waals surface area (Å²) in [5.74, 6) is 1.05. The molecule has 1 aromatic carbocycles. The van der Waals surface area contributed by atoms with Gasteiger partial charge in [-0.3, -0.25) is 19.0 Å². The smallest absolute Gasteiger partial charge is 0.258 e. The molecule has 0 atom stereocenters. The molecule has 0 spiro atoms. The lowest BCUT2D eigenvalue weighted by molar-refractivity contribution is 0.121. The van der Waals surface area contributed by atoms with Crippen molar-refractivity contribution in [3.8, 4) is 5.75 Å². The lowest BCUT2D eigenvalue weighted by atomic mass is 10.1. The molecule has 2 aromatic heterocycles. The number of benzene rings is 1. The van der Waals surface area contributed by atoms with Gasteiger partial charge in [-0.25, -0.2) is 4.98 Å². The summed E-state index contributed by atoms with van der Waals surface area (Å²) in [7, 11) is 0. The first-order valence-corrected chi connectivity index (χ1v) is 9.91. The molecule has 144 valence electrons. The van der Waals surface area contributed by atoms with Crippen LogP contribution >= 0.6 is 0 Å². The molecule has 3 aromatic rings. The predicted molar refractivity (Wildman–Crippen MR) is 108 cm³/mol. The fourth-order valence-corrected chi connectivity index (χ4v) is 4.12. The molecule has 1 fully saturated rings. The SMILES string of the molecule is O=c1cc(CN2CCN(Cc3ccc4c(c3)CCO4)CC2)nc2ccccn12. The average Bonchev–Trinajstić information content (AvgIpc) is 3.17. The fraction of sp³-hybridized carbons (Fsp3) is 0.364. The molecule has 6 heteroatoms. The van der Waals surface area contributed by atoms with Crippen molar-refractivity contribution < 1.29 is 4.74 Å². The summed E-state index contributed by atoms with van der Waals surface area (Å²) in [5.41, 5.74) is 4.25. The van der Waals surface area contributed by atoms with Gasteiger partial charge in [0.2, 0.25) is 0 Å². The van der Waals surface area contributed by atoms with Gasteiger partial charge in [-0.1, -0.05) is 18.2 Å². The van der Waals surface area contributed by atoms with Gasteiger partial charge in [-0.2, -0.15) is 0 Å². The molecule has 0 aliphatic carbocycles. The van der Waals surface area contributed by atoms with Crippen LogP contribution in [0.25, 0.3) is 5.65 Å². The Kier molecular flexibility index (Phi) is 4.58. The van der Waals surface area contributed by atoms with E-state index < -0.39 is 0 Å². The van der Waals surface area contributed by atoms with Gasteiger partial charge in [0.1, 0.15) is 11.4 Å². The number of ether oxygens (including phenoxy) is 1. The van der Waals surface area contributed by atoms with Crippen LogP contribution in [0.5, 0.6) is 5.75 Å². The van der Waals surface area contributed by atoms with E-state index in [9.17, 15) is 4.79 Å². The van der Waals surface area contributed by atoms with Crippen LogP contribution in [0, 0.1) is 0 Å². The standard InChI is InChI=1S/C22H24N4O2/c27-22-14-19(23-21-3-1-2-7-26(21)22)16-25-10-8-24(9-11-25)15-17-4-5-20-18(13-17)6-12-28-20/h1-5,7,13-14H,6,8-12,15-16H2. The summed E-state index contributed by atoms with van der Waals surface area (Å²) in [5, 5.41) is 0. The molecule has 5 rings (SSSR count). The maximum atomic E-state index is 12.3. The Hall–Kier alpha value is -2.70. The molecule has 28 heavy (non-hydrogen) atoms. The highest BCUT2D eigenvalue weighted by Gasteiger charge is 2.19. The lowest BCUT2D eigenvalue weighted by Gasteiger charge is -2.34. The molecule has 0 bridgehead atoms. The lowest BCUT2D eigenvalue weighted by Crippen LogP contribution is -2.45. The van der Waals surface area contributed by atoms with Gasteiger partial charge in [0.15, 0.2) is 0 Å². The quantitative estimate of drug-likeness (QED) is 0.697. The van der Waals surface area contributed by atoms with E-state index in [2.05, 4.69) is 33.0 Å². The molecule has 0 N–H and O–H groups in total. The molecule has 2 aliphatic rings. The van der Waals surface area contributed by atoms with Crippen molar-refractivity contribution in [1.82, 2.24) is 19.2 Å². The van der Waals surface area contributed by atoms with Crippen molar-refractivity contribution in [2.45, 2.75) is 19.5 Å². The minimum atomic E-state index is -0.0141. The third-order valence-electron chi connectivity index (χ3n) is 5.63. The molecule has 0 unspecified atom stereocenters. The topological polar surface area (TPSA) is 50.1 Å². The first-order chi connectivity index (χ1) is 13.7. The first kappa shape index (κ1) is 17.4. The molecule has 0 radical (unpaired) electrons. The number of fused-ring (bicyclic) bond motifs is 2. The van der Waals surface area contributed by atoms with Crippen molar-refractivity contribution in [2.75, 3.05) is 32.8 Å². The number of hydrogen-bond acceptors (Lipinski definition) is 5. The van der Waals surface area contributed by atoms with E-state index in [1.54, 1.807) is 16.7 Å². The van der Waals surface area contributed by atoms with E-state index in [0.29, 0.717) is 5.65 Å². The summed E-state index contributed by atoms with van der Waals surface area (Å²) in [6.45, 7) is 6.55. The van der Waals surface area contributed by atoms with E-state index >= 15 is 0 Å². The van der Waals surface area contributed by atoms with E-state index in [1.807, 2.05) is 18.2 Å². The van der Waals surface area contributed by atoms with Gasteiger partial charge in [0.05, 0.1) is 12.3 Å². The highest BCUT2D eigenvalue weighted by molar-refractivity contribution is 5.40. The number of rotatable bonds is 4. The normalized spacial score (nSPS) is 17.6. The van der Waals surface area contributed by atoms with Crippen LogP contribution in [-0.2, 0) is 19.5 Å². The molecule has 4 heterocycles. The molecular formula is C22H24N4O2. The Balaban J connectivity index is 1.20. The Labute approximate surface area is 164 Å². The third kappa shape index (κ3) is 3.53. The Bertz CT molecular complexity index is 1050. The third-order valence-corrected chi connectivity index (χ3v) is 5.63. The van der Waals surface area contributed by atoms with Gasteiger partial charge in [0, 0.05) is 58.0 Å². The second kappa shape index (κ2) is 7.37. The average molecular weight is 376 g/mol. The zero-order chi connectivity index (χ0) is 18.9. The highest BCUT2D eigenvalue weighted by Crippen LogP contribution is 2.26. The largest absolute Gasteiger partial charge is 0.493 e. The molecule has 0 amide bonds. The summed E-state index contributed by atoms with van der Waals surface area (Å²) in [4.78, 5) is 21.8. The van der Waals surface area contributed by atoms with Crippen molar-refractivity contribution in [3.05, 3.63) is 75.8 Å². The van der Waals surface area contributed by atoms with Crippen LogP contribution in [0.4, 0.5) is 0 Å². The highest BCUT2D eigenvalue weighted by atomic mass is 16.5. The Morgan fingerprint density at radius 1 is 0.964 bits per heavy atom. The molecule has 1 saturated heterocycles. The second-order valence-corrected chi connectivity index (χ2v) is 7.61. The number of pyridine rings is 1. The van der Waals surface area contributed by atoms with E-state index in [0.717, 1.165) is 63.7 Å². The molecule has 6 nitrogen and oxygen atoms in total. The van der Waals surface area contributed by atoms with E-state index in [4.69, 9.17) is 4.74 Å². The summed E-state index contributed by atoms with van der Waals surface area (Å²) < 4.78 is 7.19. The maximum absolute atomic E-state index is 12.3. The van der Waals surface area contributed by atoms with Gasteiger partial charge in [-0.05, 0) is 29.3 Å². The minimum Gasteiger partial charge on any atom is -0.493 e. The molecular weight excluding hydrogens is 352 g/mol. The number of aromatic nitrogens is 2. The van der Waals surface area contributed by atoms with Gasteiger partial charge in [-0.15, -0.1) is 0 Å². The number of piperazine rings is 1. The van der Waals surface area contributed by atoms with Crippen LogP contribution in [0.2, 0.25) is 0 Å².